The molecular formula is C20H23NO3. The highest BCUT2D eigenvalue weighted by Crippen LogP contribution is 2.32. The van der Waals surface area contributed by atoms with Crippen LogP contribution in [0.25, 0.3) is 0 Å². The molecule has 2 aromatic rings. The number of benzene rings is 2. The second-order valence-electron chi connectivity index (χ2n) is 6.07. The van der Waals surface area contributed by atoms with Crippen molar-refractivity contribution in [2.24, 2.45) is 0 Å². The van der Waals surface area contributed by atoms with Gasteiger partial charge in [-0.3, -0.25) is 4.79 Å². The van der Waals surface area contributed by atoms with E-state index in [9.17, 15) is 4.79 Å². The third kappa shape index (κ3) is 3.88. The summed E-state index contributed by atoms with van der Waals surface area (Å²) in [5.74, 6) is 1.59. The lowest BCUT2D eigenvalue weighted by Crippen LogP contribution is -2.26. The van der Waals surface area contributed by atoms with Gasteiger partial charge in [0.25, 0.3) is 0 Å². The van der Waals surface area contributed by atoms with Crippen LogP contribution in [0.5, 0.6) is 11.5 Å². The van der Waals surface area contributed by atoms with Gasteiger partial charge < -0.3 is 14.8 Å². The average molecular weight is 325 g/mol. The molecule has 0 radical (unpaired) electrons. The van der Waals surface area contributed by atoms with E-state index < -0.39 is 0 Å². The van der Waals surface area contributed by atoms with Gasteiger partial charge in [0.15, 0.2) is 11.5 Å². The zero-order valence-electron chi connectivity index (χ0n) is 14.2. The minimum Gasteiger partial charge on any atom is -0.454 e. The third-order valence-corrected chi connectivity index (χ3v) is 4.34. The summed E-state index contributed by atoms with van der Waals surface area (Å²) in [4.78, 5) is 12.2. The zero-order chi connectivity index (χ0) is 16.9. The molecule has 4 heteroatoms. The van der Waals surface area contributed by atoms with Gasteiger partial charge in [-0.25, -0.2) is 0 Å². The van der Waals surface area contributed by atoms with Crippen LogP contribution >= 0.6 is 0 Å². The largest absolute Gasteiger partial charge is 0.454 e. The predicted molar refractivity (Wildman–Crippen MR) is 93.3 cm³/mol. The maximum Gasteiger partial charge on any atom is 0.231 e. The predicted octanol–water partition coefficient (Wildman–Crippen LogP) is 3.79. The number of ether oxygens (including phenoxy) is 2. The first-order valence-corrected chi connectivity index (χ1v) is 8.42. The average Bonchev–Trinajstić information content (AvgIpc) is 3.07. The highest BCUT2D eigenvalue weighted by molar-refractivity contribution is 5.76. The van der Waals surface area contributed by atoms with E-state index in [4.69, 9.17) is 9.47 Å². The van der Waals surface area contributed by atoms with Crippen LogP contribution in [-0.2, 0) is 17.6 Å². The molecule has 1 N–H and O–H groups in total. The van der Waals surface area contributed by atoms with E-state index in [2.05, 4.69) is 36.5 Å². The molecule has 0 aliphatic carbocycles. The van der Waals surface area contributed by atoms with Crippen molar-refractivity contribution < 1.29 is 14.3 Å². The monoisotopic (exact) mass is 325 g/mol. The van der Waals surface area contributed by atoms with Crippen LogP contribution in [-0.4, -0.2) is 12.7 Å². The molecule has 4 nitrogen and oxygen atoms in total. The first-order valence-electron chi connectivity index (χ1n) is 8.42. The highest BCUT2D eigenvalue weighted by Gasteiger charge is 2.14. The Morgan fingerprint density at radius 1 is 1.08 bits per heavy atom. The van der Waals surface area contributed by atoms with Gasteiger partial charge in [-0.2, -0.15) is 0 Å². The third-order valence-electron chi connectivity index (χ3n) is 4.34. The van der Waals surface area contributed by atoms with Gasteiger partial charge in [0.05, 0.1) is 6.04 Å². The molecule has 1 heterocycles. The molecule has 0 saturated carbocycles. The van der Waals surface area contributed by atoms with Crippen LogP contribution in [0.1, 0.15) is 43.0 Å². The number of carbonyl (C=O) groups is 1. The number of rotatable bonds is 6. The SMILES string of the molecule is CCc1ccc([C@@H](C)NC(=O)CCc2ccc3c(c2)OCO3)cc1. The van der Waals surface area contributed by atoms with Gasteiger partial charge in [-0.1, -0.05) is 37.3 Å². The van der Waals surface area contributed by atoms with Crippen molar-refractivity contribution in [3.63, 3.8) is 0 Å². The Morgan fingerprint density at radius 2 is 1.79 bits per heavy atom. The van der Waals surface area contributed by atoms with Crippen LogP contribution in [0, 0.1) is 0 Å². The topological polar surface area (TPSA) is 47.6 Å². The summed E-state index contributed by atoms with van der Waals surface area (Å²) >= 11 is 0. The lowest BCUT2D eigenvalue weighted by Gasteiger charge is -2.15. The van der Waals surface area contributed by atoms with Gasteiger partial charge in [0.2, 0.25) is 12.7 Å². The fourth-order valence-corrected chi connectivity index (χ4v) is 2.79. The highest BCUT2D eigenvalue weighted by atomic mass is 16.7. The Hall–Kier alpha value is -2.49. The van der Waals surface area contributed by atoms with Crippen molar-refractivity contribution in [3.05, 3.63) is 59.2 Å². The minimum atomic E-state index is 0.0140. The molecule has 0 bridgehead atoms. The van der Waals surface area contributed by atoms with E-state index in [1.165, 1.54) is 5.56 Å². The molecular weight excluding hydrogens is 302 g/mol. The Kier molecular flexibility index (Phi) is 5.04. The standard InChI is InChI=1S/C20H23NO3/c1-3-15-4-8-17(9-5-15)14(2)21-20(22)11-7-16-6-10-18-19(12-16)24-13-23-18/h4-6,8-10,12,14H,3,7,11,13H2,1-2H3,(H,21,22)/t14-/m1/s1. The maximum absolute atomic E-state index is 12.2. The number of nitrogens with one attached hydrogen (secondary N) is 1. The van der Waals surface area contributed by atoms with E-state index in [1.807, 2.05) is 25.1 Å². The smallest absolute Gasteiger partial charge is 0.231 e. The number of carbonyl (C=O) groups excluding carboxylic acids is 1. The molecule has 1 atom stereocenters. The molecule has 24 heavy (non-hydrogen) atoms. The molecule has 2 aromatic carbocycles. The molecule has 126 valence electrons. The molecule has 0 aromatic heterocycles. The number of aryl methyl sites for hydroxylation is 2. The number of fused-ring (bicyclic) bond motifs is 1. The summed E-state index contributed by atoms with van der Waals surface area (Å²) in [7, 11) is 0. The van der Waals surface area contributed by atoms with Gasteiger partial charge >= 0.3 is 0 Å². The zero-order valence-corrected chi connectivity index (χ0v) is 14.2. The first-order chi connectivity index (χ1) is 11.7. The van der Waals surface area contributed by atoms with Gasteiger partial charge in [0, 0.05) is 6.42 Å². The van der Waals surface area contributed by atoms with Gasteiger partial charge in [-0.05, 0) is 48.6 Å². The Morgan fingerprint density at radius 3 is 2.54 bits per heavy atom. The Bertz CT molecular complexity index is 709. The van der Waals surface area contributed by atoms with Crippen LogP contribution < -0.4 is 14.8 Å². The second-order valence-corrected chi connectivity index (χ2v) is 6.07. The van der Waals surface area contributed by atoms with Crippen LogP contribution in [0.3, 0.4) is 0 Å². The van der Waals surface area contributed by atoms with E-state index in [1.54, 1.807) is 0 Å². The summed E-state index contributed by atoms with van der Waals surface area (Å²) in [6.07, 6.45) is 2.16. The van der Waals surface area contributed by atoms with E-state index in [-0.39, 0.29) is 18.7 Å². The first kappa shape index (κ1) is 16.4. The van der Waals surface area contributed by atoms with Crippen molar-refractivity contribution in [3.8, 4) is 11.5 Å². The maximum atomic E-state index is 12.2. The number of hydrogen-bond acceptors (Lipinski definition) is 3. The lowest BCUT2D eigenvalue weighted by molar-refractivity contribution is -0.121. The summed E-state index contributed by atoms with van der Waals surface area (Å²) < 4.78 is 10.7. The quantitative estimate of drug-likeness (QED) is 0.879. The molecule has 0 spiro atoms. The van der Waals surface area contributed by atoms with Crippen LogP contribution in [0.15, 0.2) is 42.5 Å². The molecule has 1 aliphatic rings. The molecule has 0 saturated heterocycles. The fourth-order valence-electron chi connectivity index (χ4n) is 2.79. The van der Waals surface area contributed by atoms with Crippen LogP contribution in [0.2, 0.25) is 0 Å². The van der Waals surface area contributed by atoms with E-state index >= 15 is 0 Å². The summed E-state index contributed by atoms with van der Waals surface area (Å²) in [5, 5.41) is 3.06. The van der Waals surface area contributed by atoms with Gasteiger partial charge in [0.1, 0.15) is 0 Å². The van der Waals surface area contributed by atoms with Crippen molar-refractivity contribution in [1.82, 2.24) is 5.32 Å². The second kappa shape index (κ2) is 7.39. The molecule has 1 aliphatic heterocycles. The van der Waals surface area contributed by atoms with Crippen molar-refractivity contribution >= 4 is 5.91 Å². The number of hydrogen-bond donors (Lipinski definition) is 1. The fraction of sp³-hybridized carbons (Fsp3) is 0.350. The molecule has 0 fully saturated rings. The summed E-state index contributed by atoms with van der Waals surface area (Å²) in [6.45, 7) is 4.42. The van der Waals surface area contributed by atoms with Crippen molar-refractivity contribution in [2.75, 3.05) is 6.79 Å². The minimum absolute atomic E-state index is 0.0140. The normalized spacial score (nSPS) is 13.6. The molecule has 1 amide bonds. The lowest BCUT2D eigenvalue weighted by atomic mass is 10.0. The molecule has 3 rings (SSSR count). The van der Waals surface area contributed by atoms with Crippen molar-refractivity contribution in [1.29, 1.82) is 0 Å². The number of amides is 1. The summed E-state index contributed by atoms with van der Waals surface area (Å²) in [6, 6.07) is 14.2. The van der Waals surface area contributed by atoms with E-state index in [0.717, 1.165) is 29.0 Å². The Balaban J connectivity index is 1.51. The van der Waals surface area contributed by atoms with Crippen LogP contribution in [0.4, 0.5) is 0 Å². The van der Waals surface area contributed by atoms with Gasteiger partial charge in [-0.15, -0.1) is 0 Å². The Labute approximate surface area is 142 Å². The summed E-state index contributed by atoms with van der Waals surface area (Å²) in [5.41, 5.74) is 3.51. The molecule has 0 unspecified atom stereocenters. The van der Waals surface area contributed by atoms with Crippen molar-refractivity contribution in [2.45, 2.75) is 39.2 Å². The van der Waals surface area contributed by atoms with E-state index in [0.29, 0.717) is 12.8 Å².